The van der Waals surface area contributed by atoms with Crippen molar-refractivity contribution in [3.63, 3.8) is 0 Å². The van der Waals surface area contributed by atoms with Gasteiger partial charge in [0.2, 0.25) is 11.7 Å². The molecule has 1 fully saturated rings. The third-order valence-electron chi connectivity index (χ3n) is 2.76. The van der Waals surface area contributed by atoms with Crippen molar-refractivity contribution in [2.45, 2.75) is 18.6 Å². The van der Waals surface area contributed by atoms with Gasteiger partial charge in [-0.1, -0.05) is 5.16 Å². The summed E-state index contributed by atoms with van der Waals surface area (Å²) < 4.78 is 18.2. The number of hydrogen-bond acceptors (Lipinski definition) is 5. The average molecular weight is 234 g/mol. The van der Waals surface area contributed by atoms with E-state index in [0.29, 0.717) is 24.7 Å². The molecule has 0 bridgehead atoms. The molecule has 1 N–H and O–H groups in total. The summed E-state index contributed by atoms with van der Waals surface area (Å²) in [5.41, 5.74) is 0.838. The zero-order valence-electron chi connectivity index (χ0n) is 9.01. The van der Waals surface area contributed by atoms with Crippen molar-refractivity contribution in [3.8, 4) is 11.4 Å². The molecule has 2 atom stereocenters. The average Bonchev–Trinajstić information content (AvgIpc) is 2.98. The number of nitrogens with zero attached hydrogens (tertiary/aromatic N) is 3. The molecule has 0 saturated carbocycles. The molecule has 0 radical (unpaired) electrons. The van der Waals surface area contributed by atoms with Crippen molar-refractivity contribution < 1.29 is 8.91 Å². The van der Waals surface area contributed by atoms with Crippen LogP contribution in [0.3, 0.4) is 0 Å². The van der Waals surface area contributed by atoms with Crippen LogP contribution in [-0.2, 0) is 0 Å². The molecule has 5 nitrogen and oxygen atoms in total. The Hall–Kier alpha value is -1.82. The molecule has 2 aromatic rings. The van der Waals surface area contributed by atoms with Gasteiger partial charge in [-0.3, -0.25) is 4.98 Å². The quantitative estimate of drug-likeness (QED) is 0.853. The van der Waals surface area contributed by atoms with Crippen molar-refractivity contribution in [1.82, 2.24) is 20.4 Å². The molecular weight excluding hydrogens is 223 g/mol. The van der Waals surface area contributed by atoms with Crippen LogP contribution in [0.25, 0.3) is 11.4 Å². The zero-order chi connectivity index (χ0) is 11.7. The van der Waals surface area contributed by atoms with Gasteiger partial charge in [0.1, 0.15) is 6.17 Å². The van der Waals surface area contributed by atoms with Gasteiger partial charge in [0.15, 0.2) is 0 Å². The zero-order valence-corrected chi connectivity index (χ0v) is 9.01. The highest BCUT2D eigenvalue weighted by atomic mass is 19.1. The first-order valence-corrected chi connectivity index (χ1v) is 5.44. The van der Waals surface area contributed by atoms with E-state index in [4.69, 9.17) is 4.52 Å². The van der Waals surface area contributed by atoms with Gasteiger partial charge in [-0.2, -0.15) is 4.98 Å². The Labute approximate surface area is 97.1 Å². The van der Waals surface area contributed by atoms with E-state index in [1.165, 1.54) is 0 Å². The highest BCUT2D eigenvalue weighted by molar-refractivity contribution is 5.52. The molecule has 1 aliphatic rings. The first-order valence-electron chi connectivity index (χ1n) is 5.44. The minimum absolute atomic E-state index is 0.173. The molecule has 0 aromatic carbocycles. The van der Waals surface area contributed by atoms with Crippen LogP contribution in [0.4, 0.5) is 4.39 Å². The van der Waals surface area contributed by atoms with Crippen molar-refractivity contribution >= 4 is 0 Å². The molecule has 17 heavy (non-hydrogen) atoms. The van der Waals surface area contributed by atoms with Crippen molar-refractivity contribution in [2.24, 2.45) is 0 Å². The van der Waals surface area contributed by atoms with Crippen LogP contribution in [0.15, 0.2) is 29.0 Å². The molecule has 6 heteroatoms. The van der Waals surface area contributed by atoms with Crippen molar-refractivity contribution in [2.75, 3.05) is 6.54 Å². The van der Waals surface area contributed by atoms with E-state index in [0.717, 1.165) is 5.56 Å². The van der Waals surface area contributed by atoms with Gasteiger partial charge in [0, 0.05) is 30.9 Å². The fourth-order valence-corrected chi connectivity index (χ4v) is 1.88. The second-order valence-corrected chi connectivity index (χ2v) is 3.99. The Morgan fingerprint density at radius 1 is 1.35 bits per heavy atom. The minimum atomic E-state index is -0.837. The van der Waals surface area contributed by atoms with Crippen molar-refractivity contribution in [1.29, 1.82) is 0 Å². The van der Waals surface area contributed by atoms with Gasteiger partial charge in [0.05, 0.1) is 6.04 Å². The monoisotopic (exact) mass is 234 g/mol. The summed E-state index contributed by atoms with van der Waals surface area (Å²) in [5, 5.41) is 6.88. The van der Waals surface area contributed by atoms with E-state index in [-0.39, 0.29) is 6.04 Å². The fourth-order valence-electron chi connectivity index (χ4n) is 1.88. The summed E-state index contributed by atoms with van der Waals surface area (Å²) in [5.74, 6) is 0.948. The fraction of sp³-hybridized carbons (Fsp3) is 0.364. The molecule has 3 heterocycles. The lowest BCUT2D eigenvalue weighted by Crippen LogP contribution is -2.14. The van der Waals surface area contributed by atoms with Crippen LogP contribution in [0, 0.1) is 0 Å². The third-order valence-corrected chi connectivity index (χ3v) is 2.76. The number of halogens is 1. The van der Waals surface area contributed by atoms with Crippen LogP contribution in [0.1, 0.15) is 18.4 Å². The molecule has 0 spiro atoms. The van der Waals surface area contributed by atoms with E-state index in [2.05, 4.69) is 20.4 Å². The van der Waals surface area contributed by atoms with Crippen molar-refractivity contribution in [3.05, 3.63) is 30.4 Å². The lowest BCUT2D eigenvalue weighted by atomic mass is 10.2. The molecule has 1 aliphatic heterocycles. The van der Waals surface area contributed by atoms with Gasteiger partial charge in [0.25, 0.3) is 0 Å². The summed E-state index contributed by atoms with van der Waals surface area (Å²) in [7, 11) is 0. The molecule has 3 rings (SSSR count). The van der Waals surface area contributed by atoms with E-state index in [1.54, 1.807) is 24.5 Å². The van der Waals surface area contributed by atoms with Crippen LogP contribution in [0.5, 0.6) is 0 Å². The van der Waals surface area contributed by atoms with E-state index in [1.807, 2.05) is 0 Å². The number of alkyl halides is 1. The summed E-state index contributed by atoms with van der Waals surface area (Å²) in [6.45, 7) is 0.345. The number of rotatable bonds is 2. The topological polar surface area (TPSA) is 63.8 Å². The molecule has 0 unspecified atom stereocenters. The van der Waals surface area contributed by atoms with E-state index < -0.39 is 6.17 Å². The molecule has 2 aromatic heterocycles. The summed E-state index contributed by atoms with van der Waals surface area (Å²) in [4.78, 5) is 8.18. The minimum Gasteiger partial charge on any atom is -0.337 e. The number of nitrogens with one attached hydrogen (secondary N) is 1. The van der Waals surface area contributed by atoms with Gasteiger partial charge in [-0.05, 0) is 12.1 Å². The number of hydrogen-bond donors (Lipinski definition) is 1. The maximum Gasteiger partial charge on any atom is 0.244 e. The maximum atomic E-state index is 13.0. The van der Waals surface area contributed by atoms with Gasteiger partial charge < -0.3 is 9.84 Å². The molecular formula is C11H11FN4O. The Morgan fingerprint density at radius 2 is 2.18 bits per heavy atom. The molecule has 88 valence electrons. The predicted octanol–water partition coefficient (Wildman–Crippen LogP) is 1.50. The summed E-state index contributed by atoms with van der Waals surface area (Å²) in [6, 6.07) is 3.43. The lowest BCUT2D eigenvalue weighted by molar-refractivity contribution is 0.324. The Morgan fingerprint density at radius 3 is 2.88 bits per heavy atom. The van der Waals surface area contributed by atoms with Gasteiger partial charge >= 0.3 is 0 Å². The SMILES string of the molecule is F[C@@H]1CN[C@H](c2nc(-c3ccncc3)no2)C1. The van der Waals surface area contributed by atoms with E-state index >= 15 is 0 Å². The highest BCUT2D eigenvalue weighted by Crippen LogP contribution is 2.25. The Balaban J connectivity index is 1.84. The van der Waals surface area contributed by atoms with Crippen LogP contribution >= 0.6 is 0 Å². The first kappa shape index (κ1) is 10.3. The molecule has 1 saturated heterocycles. The largest absolute Gasteiger partial charge is 0.337 e. The number of aromatic nitrogens is 3. The first-order chi connectivity index (χ1) is 8.33. The molecule has 0 aliphatic carbocycles. The normalized spacial score (nSPS) is 24.1. The standard InChI is InChI=1S/C11H11FN4O/c12-8-5-9(14-6-8)11-15-10(16-17-11)7-1-3-13-4-2-7/h1-4,8-9,14H,5-6H2/t8-,9-/m0/s1. The summed E-state index contributed by atoms with van der Waals surface area (Å²) in [6.07, 6.45) is 2.88. The highest BCUT2D eigenvalue weighted by Gasteiger charge is 2.29. The van der Waals surface area contributed by atoms with Crippen LogP contribution in [-0.4, -0.2) is 27.8 Å². The smallest absolute Gasteiger partial charge is 0.244 e. The third kappa shape index (κ3) is 2.03. The summed E-state index contributed by atoms with van der Waals surface area (Å²) >= 11 is 0. The maximum absolute atomic E-state index is 13.0. The predicted molar refractivity (Wildman–Crippen MR) is 57.8 cm³/mol. The van der Waals surface area contributed by atoms with Gasteiger partial charge in [-0.15, -0.1) is 0 Å². The van der Waals surface area contributed by atoms with E-state index in [9.17, 15) is 4.39 Å². The van der Waals surface area contributed by atoms with Crippen LogP contribution < -0.4 is 5.32 Å². The Bertz CT molecular complexity index is 501. The lowest BCUT2D eigenvalue weighted by Gasteiger charge is -2.01. The second kappa shape index (κ2) is 4.21. The Kier molecular flexibility index (Phi) is 2.56. The van der Waals surface area contributed by atoms with Crippen LogP contribution in [0.2, 0.25) is 0 Å². The number of pyridine rings is 1. The second-order valence-electron chi connectivity index (χ2n) is 3.99. The van der Waals surface area contributed by atoms with Gasteiger partial charge in [-0.25, -0.2) is 4.39 Å². The molecule has 0 amide bonds.